The lowest BCUT2D eigenvalue weighted by molar-refractivity contribution is -0.0449. The van der Waals surface area contributed by atoms with Crippen molar-refractivity contribution in [3.05, 3.63) is 42.9 Å². The third kappa shape index (κ3) is 2.33. The van der Waals surface area contributed by atoms with Crippen LogP contribution in [0.2, 0.25) is 0 Å². The highest BCUT2D eigenvalue weighted by atomic mass is 16.5. The summed E-state index contributed by atoms with van der Waals surface area (Å²) in [7, 11) is 0. The van der Waals surface area contributed by atoms with Crippen LogP contribution in [0.4, 0.5) is 0 Å². The third-order valence-corrected chi connectivity index (χ3v) is 4.73. The van der Waals surface area contributed by atoms with Crippen LogP contribution in [0, 0.1) is 0 Å². The molecule has 2 aliphatic heterocycles. The van der Waals surface area contributed by atoms with E-state index >= 15 is 0 Å². The Labute approximate surface area is 128 Å². The zero-order valence-electron chi connectivity index (χ0n) is 12.4. The van der Waals surface area contributed by atoms with Gasteiger partial charge >= 0.3 is 0 Å². The van der Waals surface area contributed by atoms with Gasteiger partial charge in [-0.3, -0.25) is 4.79 Å². The molecule has 2 saturated heterocycles. The Bertz CT molecular complexity index is 638. The van der Waals surface area contributed by atoms with Crippen molar-refractivity contribution in [2.24, 2.45) is 0 Å². The van der Waals surface area contributed by atoms with Crippen LogP contribution in [0.5, 0.6) is 0 Å². The smallest absolute Gasteiger partial charge is 0.257 e. The number of carbonyl (C=O) groups is 1. The quantitative estimate of drug-likeness (QED) is 0.852. The van der Waals surface area contributed by atoms with Gasteiger partial charge in [-0.05, 0) is 18.9 Å². The lowest BCUT2D eigenvalue weighted by atomic mass is 9.88. The molecule has 0 saturated carbocycles. The molecule has 1 amide bonds. The summed E-state index contributed by atoms with van der Waals surface area (Å²) in [6.45, 7) is 2.12. The first kappa shape index (κ1) is 13.6. The molecule has 6 heteroatoms. The van der Waals surface area contributed by atoms with Gasteiger partial charge in [0.1, 0.15) is 6.26 Å². The topological polar surface area (TPSA) is 60.5 Å². The number of aromatic nitrogens is 2. The molecule has 22 heavy (non-hydrogen) atoms. The minimum atomic E-state index is -0.216. The van der Waals surface area contributed by atoms with Gasteiger partial charge < -0.3 is 18.6 Å². The summed E-state index contributed by atoms with van der Waals surface area (Å²) in [6, 6.07) is 2.03. The second-order valence-corrected chi connectivity index (χ2v) is 6.20. The summed E-state index contributed by atoms with van der Waals surface area (Å²) < 4.78 is 13.3. The molecule has 0 unspecified atom stereocenters. The summed E-state index contributed by atoms with van der Waals surface area (Å²) in [5.74, 6) is 0.0301. The molecule has 1 spiro atoms. The lowest BCUT2D eigenvalue weighted by Crippen LogP contribution is -2.50. The van der Waals surface area contributed by atoms with E-state index in [1.807, 2.05) is 17.4 Å². The van der Waals surface area contributed by atoms with Crippen molar-refractivity contribution in [3.63, 3.8) is 0 Å². The van der Waals surface area contributed by atoms with Gasteiger partial charge in [0.05, 0.1) is 42.9 Å². The SMILES string of the molecule is O=C(c1ccoc1)N1CCC[C@@]2(C[C@@H](n3ccnc3)CO2)C1. The second-order valence-electron chi connectivity index (χ2n) is 6.20. The summed E-state index contributed by atoms with van der Waals surface area (Å²) in [4.78, 5) is 18.5. The monoisotopic (exact) mass is 301 g/mol. The Morgan fingerprint density at radius 1 is 1.45 bits per heavy atom. The zero-order valence-corrected chi connectivity index (χ0v) is 12.4. The van der Waals surface area contributed by atoms with E-state index in [9.17, 15) is 4.79 Å². The largest absolute Gasteiger partial charge is 0.472 e. The fraction of sp³-hybridized carbons (Fsp3) is 0.500. The van der Waals surface area contributed by atoms with Crippen molar-refractivity contribution in [3.8, 4) is 0 Å². The van der Waals surface area contributed by atoms with Crippen molar-refractivity contribution in [2.75, 3.05) is 19.7 Å². The van der Waals surface area contributed by atoms with E-state index in [2.05, 4.69) is 9.55 Å². The van der Waals surface area contributed by atoms with Crippen molar-refractivity contribution in [1.29, 1.82) is 0 Å². The molecule has 4 heterocycles. The summed E-state index contributed by atoms with van der Waals surface area (Å²) in [5.41, 5.74) is 0.397. The Morgan fingerprint density at radius 3 is 3.18 bits per heavy atom. The highest BCUT2D eigenvalue weighted by Crippen LogP contribution is 2.39. The molecule has 2 aromatic rings. The van der Waals surface area contributed by atoms with Crippen molar-refractivity contribution >= 4 is 5.91 Å². The van der Waals surface area contributed by atoms with Crippen LogP contribution < -0.4 is 0 Å². The Balaban J connectivity index is 1.48. The van der Waals surface area contributed by atoms with Gasteiger partial charge in [0, 0.05) is 25.4 Å². The molecular formula is C16H19N3O3. The first-order valence-electron chi connectivity index (χ1n) is 7.69. The molecule has 2 aromatic heterocycles. The van der Waals surface area contributed by atoms with Crippen molar-refractivity contribution < 1.29 is 13.9 Å². The summed E-state index contributed by atoms with van der Waals surface area (Å²) in [6.07, 6.45) is 11.6. The van der Waals surface area contributed by atoms with E-state index in [4.69, 9.17) is 9.15 Å². The molecule has 116 valence electrons. The molecule has 0 N–H and O–H groups in total. The molecule has 0 aromatic carbocycles. The third-order valence-electron chi connectivity index (χ3n) is 4.73. The van der Waals surface area contributed by atoms with E-state index in [-0.39, 0.29) is 11.5 Å². The molecule has 0 bridgehead atoms. The number of amides is 1. The van der Waals surface area contributed by atoms with Crippen LogP contribution in [-0.2, 0) is 4.74 Å². The molecule has 2 aliphatic rings. The maximum atomic E-state index is 12.5. The predicted molar refractivity (Wildman–Crippen MR) is 78.4 cm³/mol. The van der Waals surface area contributed by atoms with E-state index < -0.39 is 0 Å². The van der Waals surface area contributed by atoms with Crippen LogP contribution in [-0.4, -0.2) is 45.7 Å². The van der Waals surface area contributed by atoms with E-state index in [1.54, 1.807) is 12.3 Å². The number of likely N-dealkylation sites (tertiary alicyclic amines) is 1. The van der Waals surface area contributed by atoms with Gasteiger partial charge in [-0.25, -0.2) is 4.98 Å². The molecule has 2 fully saturated rings. The van der Waals surface area contributed by atoms with Crippen LogP contribution in [0.25, 0.3) is 0 Å². The molecule has 0 radical (unpaired) electrons. The molecule has 6 nitrogen and oxygen atoms in total. The number of hydrogen-bond donors (Lipinski definition) is 0. The van der Waals surface area contributed by atoms with Crippen LogP contribution in [0.15, 0.2) is 41.7 Å². The Hall–Kier alpha value is -2.08. The van der Waals surface area contributed by atoms with Crippen molar-refractivity contribution in [1.82, 2.24) is 14.5 Å². The summed E-state index contributed by atoms with van der Waals surface area (Å²) >= 11 is 0. The molecular weight excluding hydrogens is 282 g/mol. The first-order chi connectivity index (χ1) is 10.8. The fourth-order valence-corrected chi connectivity index (χ4v) is 3.62. The van der Waals surface area contributed by atoms with Crippen LogP contribution >= 0.6 is 0 Å². The average molecular weight is 301 g/mol. The maximum absolute atomic E-state index is 12.5. The molecule has 2 atom stereocenters. The number of carbonyl (C=O) groups excluding carboxylic acids is 1. The van der Waals surface area contributed by atoms with E-state index in [1.165, 1.54) is 12.5 Å². The standard InChI is InChI=1S/C16H19N3O3/c20-15(13-2-7-21-9-13)18-5-1-3-16(11-18)8-14(10-22-16)19-6-4-17-12-19/h2,4,6-7,9,12,14H,1,3,5,8,10-11H2/t14-,16-/m1/s1. The number of hydrogen-bond acceptors (Lipinski definition) is 4. The minimum absolute atomic E-state index is 0.0301. The van der Waals surface area contributed by atoms with Gasteiger partial charge in [0.2, 0.25) is 0 Å². The van der Waals surface area contributed by atoms with Gasteiger partial charge in [-0.1, -0.05) is 0 Å². The van der Waals surface area contributed by atoms with E-state index in [0.717, 1.165) is 25.8 Å². The zero-order chi connectivity index (χ0) is 15.0. The average Bonchev–Trinajstić information content (AvgIpc) is 3.28. The minimum Gasteiger partial charge on any atom is -0.472 e. The van der Waals surface area contributed by atoms with Crippen LogP contribution in [0.3, 0.4) is 0 Å². The fourth-order valence-electron chi connectivity index (χ4n) is 3.62. The highest BCUT2D eigenvalue weighted by Gasteiger charge is 2.45. The number of ether oxygens (including phenoxy) is 1. The predicted octanol–water partition coefficient (Wildman–Crippen LogP) is 2.11. The summed E-state index contributed by atoms with van der Waals surface area (Å²) in [5, 5.41) is 0. The van der Waals surface area contributed by atoms with Gasteiger partial charge in [-0.2, -0.15) is 0 Å². The van der Waals surface area contributed by atoms with Gasteiger partial charge in [0.25, 0.3) is 5.91 Å². The number of piperidine rings is 1. The number of nitrogens with zero attached hydrogens (tertiary/aromatic N) is 3. The second kappa shape index (κ2) is 5.28. The number of furan rings is 1. The van der Waals surface area contributed by atoms with E-state index in [0.29, 0.717) is 24.8 Å². The maximum Gasteiger partial charge on any atom is 0.257 e. The van der Waals surface area contributed by atoms with Crippen molar-refractivity contribution in [2.45, 2.75) is 30.9 Å². The Morgan fingerprint density at radius 2 is 2.41 bits per heavy atom. The van der Waals surface area contributed by atoms with Gasteiger partial charge in [-0.15, -0.1) is 0 Å². The normalized spacial score (nSPS) is 28.4. The highest BCUT2D eigenvalue weighted by molar-refractivity contribution is 5.93. The number of imidazole rings is 1. The number of rotatable bonds is 2. The lowest BCUT2D eigenvalue weighted by Gasteiger charge is -2.39. The first-order valence-corrected chi connectivity index (χ1v) is 7.69. The molecule has 4 rings (SSSR count). The van der Waals surface area contributed by atoms with Gasteiger partial charge in [0.15, 0.2) is 0 Å². The molecule has 0 aliphatic carbocycles. The van der Waals surface area contributed by atoms with Crippen LogP contribution in [0.1, 0.15) is 35.7 Å². The Kier molecular flexibility index (Phi) is 3.26.